The van der Waals surface area contributed by atoms with Crippen LogP contribution in [0.5, 0.6) is 0 Å². The summed E-state index contributed by atoms with van der Waals surface area (Å²) in [4.78, 5) is 26.1. The molecule has 0 aliphatic carbocycles. The van der Waals surface area contributed by atoms with Gasteiger partial charge in [0.2, 0.25) is 0 Å². The van der Waals surface area contributed by atoms with Crippen LogP contribution in [0.2, 0.25) is 0 Å². The number of amides is 2. The van der Waals surface area contributed by atoms with E-state index in [1.165, 1.54) is 0 Å². The summed E-state index contributed by atoms with van der Waals surface area (Å²) in [6, 6.07) is 20.4. The number of nitrogens with one attached hydrogen (secondary N) is 2. The minimum atomic E-state index is -1.09. The summed E-state index contributed by atoms with van der Waals surface area (Å²) in [5.74, 6) is -0.515. The fourth-order valence-corrected chi connectivity index (χ4v) is 3.88. The van der Waals surface area contributed by atoms with Crippen molar-refractivity contribution < 1.29 is 18.0 Å². The average molecular weight is 455 g/mol. The molecule has 160 valence electrons. The normalized spacial score (nSPS) is 12.6. The Morgan fingerprint density at radius 2 is 1.26 bits per heavy atom. The van der Waals surface area contributed by atoms with Crippen LogP contribution in [0.15, 0.2) is 82.6 Å². The number of rotatable bonds is 7. The van der Waals surface area contributed by atoms with Gasteiger partial charge in [0, 0.05) is 67.3 Å². The molecule has 3 rings (SSSR count). The number of hydrogen-bond acceptors (Lipinski definition) is 4. The predicted molar refractivity (Wildman–Crippen MR) is 123 cm³/mol. The molecule has 0 saturated heterocycles. The molecule has 0 radical (unpaired) electrons. The lowest BCUT2D eigenvalue weighted by Gasteiger charge is -2.09. The molecule has 0 spiro atoms. The van der Waals surface area contributed by atoms with Gasteiger partial charge in [-0.3, -0.25) is 18.0 Å². The molecule has 2 unspecified atom stereocenters. The van der Waals surface area contributed by atoms with E-state index in [4.69, 9.17) is 0 Å². The number of benzene rings is 3. The fraction of sp³-hybridized carbons (Fsp3) is 0.130. The van der Waals surface area contributed by atoms with E-state index in [-0.39, 0.29) is 11.8 Å². The molecule has 6 nitrogen and oxygen atoms in total. The zero-order valence-electron chi connectivity index (χ0n) is 17.1. The van der Waals surface area contributed by atoms with Crippen molar-refractivity contribution in [3.63, 3.8) is 0 Å². The smallest absolute Gasteiger partial charge is 0.255 e. The molecule has 0 aliphatic rings. The molecule has 2 amide bonds. The van der Waals surface area contributed by atoms with E-state index in [9.17, 15) is 18.0 Å². The quantitative estimate of drug-likeness (QED) is 0.573. The zero-order valence-corrected chi connectivity index (χ0v) is 18.7. The van der Waals surface area contributed by atoms with Crippen LogP contribution in [-0.4, -0.2) is 32.7 Å². The third kappa shape index (κ3) is 6.19. The molecule has 2 atom stereocenters. The summed E-state index contributed by atoms with van der Waals surface area (Å²) in [5, 5.41) is 5.66. The summed E-state index contributed by atoms with van der Waals surface area (Å²) in [7, 11) is -2.18. The second kappa shape index (κ2) is 10.3. The maximum absolute atomic E-state index is 12.5. The number of carbonyl (C=O) groups is 2. The highest BCUT2D eigenvalue weighted by Gasteiger charge is 2.09. The Hall–Kier alpha value is -3.10. The number of hydrogen-bond donors (Lipinski definition) is 2. The third-order valence-corrected chi connectivity index (χ3v) is 6.41. The zero-order chi connectivity index (χ0) is 22.4. The van der Waals surface area contributed by atoms with Crippen molar-refractivity contribution in [3.8, 4) is 0 Å². The second-order valence-corrected chi connectivity index (χ2v) is 9.55. The minimum absolute atomic E-state index is 0.240. The molecular formula is C23H22N2O4S2. The van der Waals surface area contributed by atoms with Crippen LogP contribution in [0.25, 0.3) is 0 Å². The van der Waals surface area contributed by atoms with Gasteiger partial charge < -0.3 is 10.6 Å². The van der Waals surface area contributed by atoms with Crippen molar-refractivity contribution in [2.45, 2.75) is 16.3 Å². The van der Waals surface area contributed by atoms with Crippen LogP contribution in [0, 0.1) is 0 Å². The van der Waals surface area contributed by atoms with Crippen LogP contribution in [0.1, 0.15) is 26.3 Å². The highest BCUT2D eigenvalue weighted by Crippen LogP contribution is 2.14. The van der Waals surface area contributed by atoms with E-state index < -0.39 is 21.6 Å². The molecule has 0 aliphatic heterocycles. The van der Waals surface area contributed by atoms with Gasteiger partial charge >= 0.3 is 0 Å². The lowest BCUT2D eigenvalue weighted by Crippen LogP contribution is -2.22. The molecule has 31 heavy (non-hydrogen) atoms. The molecule has 0 heterocycles. The van der Waals surface area contributed by atoms with Crippen molar-refractivity contribution in [3.05, 3.63) is 89.5 Å². The van der Waals surface area contributed by atoms with Crippen molar-refractivity contribution in [1.82, 2.24) is 5.32 Å². The highest BCUT2D eigenvalue weighted by atomic mass is 32.2. The van der Waals surface area contributed by atoms with Crippen molar-refractivity contribution in [2.24, 2.45) is 0 Å². The number of anilines is 1. The minimum Gasteiger partial charge on any atom is -0.348 e. The topological polar surface area (TPSA) is 92.3 Å². The lowest BCUT2D eigenvalue weighted by atomic mass is 10.1. The molecule has 0 bridgehead atoms. The monoisotopic (exact) mass is 454 g/mol. The molecule has 0 saturated carbocycles. The third-order valence-electron chi connectivity index (χ3n) is 4.53. The SMILES string of the molecule is CS(=O)c1ccc(C(=O)NCc2cccc(NC(=O)c3ccc(S(C)=O)cc3)c2)cc1. The first kappa shape index (κ1) is 22.6. The van der Waals surface area contributed by atoms with E-state index in [1.54, 1.807) is 79.2 Å². The Bertz CT molecular complexity index is 1140. The van der Waals surface area contributed by atoms with Crippen molar-refractivity contribution in [2.75, 3.05) is 17.8 Å². The summed E-state index contributed by atoms with van der Waals surface area (Å²) in [6.45, 7) is 0.293. The number of carbonyl (C=O) groups excluding carboxylic acids is 2. The lowest BCUT2D eigenvalue weighted by molar-refractivity contribution is 0.0949. The molecule has 8 heteroatoms. The van der Waals surface area contributed by atoms with Gasteiger partial charge in [0.1, 0.15) is 0 Å². The van der Waals surface area contributed by atoms with Gasteiger partial charge in [0.15, 0.2) is 0 Å². The van der Waals surface area contributed by atoms with Gasteiger partial charge in [-0.2, -0.15) is 0 Å². The van der Waals surface area contributed by atoms with E-state index >= 15 is 0 Å². The van der Waals surface area contributed by atoms with Crippen LogP contribution in [-0.2, 0) is 28.1 Å². The van der Waals surface area contributed by atoms with E-state index in [2.05, 4.69) is 10.6 Å². The van der Waals surface area contributed by atoms with Gasteiger partial charge in [-0.05, 0) is 66.2 Å². The van der Waals surface area contributed by atoms with Crippen LogP contribution in [0.4, 0.5) is 5.69 Å². The summed E-state index contributed by atoms with van der Waals surface area (Å²) < 4.78 is 22.9. The Morgan fingerprint density at radius 3 is 1.77 bits per heavy atom. The van der Waals surface area contributed by atoms with Gasteiger partial charge in [-0.15, -0.1) is 0 Å². The molecule has 0 fully saturated rings. The largest absolute Gasteiger partial charge is 0.348 e. The van der Waals surface area contributed by atoms with Gasteiger partial charge in [0.25, 0.3) is 11.8 Å². The van der Waals surface area contributed by atoms with E-state index in [1.807, 2.05) is 6.07 Å². The summed E-state index contributed by atoms with van der Waals surface area (Å²) >= 11 is 0. The second-order valence-electron chi connectivity index (χ2n) is 6.79. The van der Waals surface area contributed by atoms with Gasteiger partial charge in [-0.25, -0.2) is 0 Å². The molecule has 3 aromatic rings. The standard InChI is InChI=1S/C23H22N2O4S2/c1-30(28)20-10-6-17(7-11-20)22(26)24-15-16-4-3-5-19(14-16)25-23(27)18-8-12-21(13-9-18)31(2)29/h3-14H,15H2,1-2H3,(H,24,26)(H,25,27). The Balaban J connectivity index is 1.60. The maximum Gasteiger partial charge on any atom is 0.255 e. The predicted octanol–water partition coefficient (Wildman–Crippen LogP) is 3.34. The fourth-order valence-electron chi connectivity index (χ4n) is 2.84. The van der Waals surface area contributed by atoms with Crippen LogP contribution < -0.4 is 10.6 Å². The Labute approximate surface area is 186 Å². The Morgan fingerprint density at radius 1 is 0.742 bits per heavy atom. The van der Waals surface area contributed by atoms with Crippen molar-refractivity contribution in [1.29, 1.82) is 0 Å². The summed E-state index contributed by atoms with van der Waals surface area (Å²) in [6.07, 6.45) is 3.17. The first-order valence-electron chi connectivity index (χ1n) is 9.39. The van der Waals surface area contributed by atoms with Crippen molar-refractivity contribution >= 4 is 39.1 Å². The molecule has 0 aromatic heterocycles. The Kier molecular flexibility index (Phi) is 7.49. The van der Waals surface area contributed by atoms with Gasteiger partial charge in [0.05, 0.1) is 0 Å². The van der Waals surface area contributed by atoms with Crippen LogP contribution in [0.3, 0.4) is 0 Å². The first-order chi connectivity index (χ1) is 14.8. The molecule has 3 aromatic carbocycles. The average Bonchev–Trinajstić information content (AvgIpc) is 2.77. The maximum atomic E-state index is 12.5. The van der Waals surface area contributed by atoms with Gasteiger partial charge in [-0.1, -0.05) is 12.1 Å². The first-order valence-corrected chi connectivity index (χ1v) is 12.5. The molecular weight excluding hydrogens is 432 g/mol. The van der Waals surface area contributed by atoms with E-state index in [0.717, 1.165) is 5.56 Å². The highest BCUT2D eigenvalue weighted by molar-refractivity contribution is 7.84. The summed E-state index contributed by atoms with van der Waals surface area (Å²) in [5.41, 5.74) is 2.38. The molecule has 2 N–H and O–H groups in total. The van der Waals surface area contributed by atoms with E-state index in [0.29, 0.717) is 33.2 Å². The van der Waals surface area contributed by atoms with Crippen LogP contribution >= 0.6 is 0 Å².